The first-order chi connectivity index (χ1) is 18.3. The molecule has 2 aromatic heterocycles. The Morgan fingerprint density at radius 2 is 1.84 bits per heavy atom. The summed E-state index contributed by atoms with van der Waals surface area (Å²) < 4.78 is 41.0. The van der Waals surface area contributed by atoms with Gasteiger partial charge in [0.05, 0.1) is 11.3 Å². The fourth-order valence-electron chi connectivity index (χ4n) is 4.58. The van der Waals surface area contributed by atoms with Crippen LogP contribution in [0.25, 0.3) is 11.1 Å². The number of alkyl halides is 3. The number of Topliss-reactive ketones (excluding diaryl/α,β-unsaturated/α-hetero) is 1. The number of rotatable bonds is 7. The maximum absolute atomic E-state index is 13.7. The lowest BCUT2D eigenvalue weighted by molar-refractivity contribution is -0.138. The van der Waals surface area contributed by atoms with Crippen molar-refractivity contribution in [2.45, 2.75) is 25.6 Å². The average molecular weight is 537 g/mol. The van der Waals surface area contributed by atoms with Crippen molar-refractivity contribution in [3.8, 4) is 11.1 Å². The van der Waals surface area contributed by atoms with E-state index in [1.54, 1.807) is 24.7 Å². The Kier molecular flexibility index (Phi) is 7.33. The molecule has 5 rings (SSSR count). The standard InChI is InChI=1S/C29H24ClF3N4O/c30-24-5-6-25(29(31,32)33)23(15-24)18-37-13-12-35-28-26(37)16-22(17-36-28)20-2-1-3-21(14-20)27(38)7-4-19-8-10-34-11-9-19/h1-3,5-6,8-11,14-17H,4,7,12-13,18H2,(H,35,36). The van der Waals surface area contributed by atoms with Gasteiger partial charge in [0.1, 0.15) is 5.82 Å². The van der Waals surface area contributed by atoms with E-state index in [-0.39, 0.29) is 22.9 Å². The molecule has 0 unspecified atom stereocenters. The quantitative estimate of drug-likeness (QED) is 0.256. The van der Waals surface area contributed by atoms with Crippen LogP contribution in [-0.2, 0) is 19.1 Å². The molecule has 3 heterocycles. The van der Waals surface area contributed by atoms with Crippen LogP contribution in [0.2, 0.25) is 5.02 Å². The molecule has 4 aromatic rings. The summed E-state index contributed by atoms with van der Waals surface area (Å²) in [6, 6.07) is 16.7. The third kappa shape index (κ3) is 5.81. The van der Waals surface area contributed by atoms with Gasteiger partial charge in [0.2, 0.25) is 0 Å². The Bertz CT molecular complexity index is 1460. The number of carbonyl (C=O) groups is 1. The molecule has 0 amide bonds. The first-order valence-corrected chi connectivity index (χ1v) is 12.5. The zero-order chi connectivity index (χ0) is 26.7. The second kappa shape index (κ2) is 10.8. The molecule has 0 fully saturated rings. The number of hydrogen-bond acceptors (Lipinski definition) is 5. The van der Waals surface area contributed by atoms with Crippen molar-refractivity contribution in [2.75, 3.05) is 23.3 Å². The Morgan fingerprint density at radius 3 is 2.63 bits per heavy atom. The minimum Gasteiger partial charge on any atom is -0.367 e. The molecule has 1 N–H and O–H groups in total. The second-order valence-corrected chi connectivity index (χ2v) is 9.54. The van der Waals surface area contributed by atoms with Crippen LogP contribution in [-0.4, -0.2) is 28.8 Å². The maximum atomic E-state index is 13.7. The predicted octanol–water partition coefficient (Wildman–Crippen LogP) is 7.06. The van der Waals surface area contributed by atoms with E-state index >= 15 is 0 Å². The lowest BCUT2D eigenvalue weighted by atomic mass is 9.99. The number of carbonyl (C=O) groups excluding carboxylic acids is 1. The van der Waals surface area contributed by atoms with Crippen molar-refractivity contribution in [3.63, 3.8) is 0 Å². The Hall–Kier alpha value is -3.91. The molecular weight excluding hydrogens is 513 g/mol. The van der Waals surface area contributed by atoms with Gasteiger partial charge in [-0.15, -0.1) is 0 Å². The average Bonchev–Trinajstić information content (AvgIpc) is 2.92. The third-order valence-corrected chi connectivity index (χ3v) is 6.76. The van der Waals surface area contributed by atoms with E-state index in [2.05, 4.69) is 15.3 Å². The molecule has 0 saturated carbocycles. The van der Waals surface area contributed by atoms with Crippen molar-refractivity contribution in [1.29, 1.82) is 0 Å². The number of pyridine rings is 2. The minimum atomic E-state index is -4.48. The van der Waals surface area contributed by atoms with E-state index in [0.29, 0.717) is 43.0 Å². The fourth-order valence-corrected chi connectivity index (χ4v) is 4.78. The number of nitrogens with one attached hydrogen (secondary N) is 1. The fraction of sp³-hybridized carbons (Fsp3) is 0.207. The molecule has 9 heteroatoms. The molecule has 2 aromatic carbocycles. The highest BCUT2D eigenvalue weighted by molar-refractivity contribution is 6.30. The number of aryl methyl sites for hydroxylation is 1. The van der Waals surface area contributed by atoms with Crippen LogP contribution in [0.15, 0.2) is 79.3 Å². The van der Waals surface area contributed by atoms with Crippen LogP contribution < -0.4 is 10.2 Å². The highest BCUT2D eigenvalue weighted by Gasteiger charge is 2.34. The van der Waals surface area contributed by atoms with Crippen LogP contribution in [0, 0.1) is 0 Å². The van der Waals surface area contributed by atoms with E-state index in [4.69, 9.17) is 11.6 Å². The molecule has 0 spiro atoms. The zero-order valence-corrected chi connectivity index (χ0v) is 21.1. The molecular formula is C29H24ClF3N4O. The van der Waals surface area contributed by atoms with Crippen LogP contribution in [0.4, 0.5) is 24.7 Å². The molecule has 0 atom stereocenters. The molecule has 5 nitrogen and oxygen atoms in total. The van der Waals surface area contributed by atoms with Gasteiger partial charge in [0, 0.05) is 60.8 Å². The van der Waals surface area contributed by atoms with Gasteiger partial charge in [-0.3, -0.25) is 9.78 Å². The summed E-state index contributed by atoms with van der Waals surface area (Å²) in [7, 11) is 0. The summed E-state index contributed by atoms with van der Waals surface area (Å²) in [5, 5.41) is 3.47. The van der Waals surface area contributed by atoms with E-state index in [1.807, 2.05) is 41.3 Å². The van der Waals surface area contributed by atoms with Crippen LogP contribution in [0.3, 0.4) is 0 Å². The molecule has 0 saturated heterocycles. The summed E-state index contributed by atoms with van der Waals surface area (Å²) in [5.74, 6) is 0.624. The maximum Gasteiger partial charge on any atom is 0.416 e. The normalized spacial score (nSPS) is 13.1. The Morgan fingerprint density at radius 1 is 1.03 bits per heavy atom. The van der Waals surface area contributed by atoms with Crippen molar-refractivity contribution in [2.24, 2.45) is 0 Å². The van der Waals surface area contributed by atoms with Gasteiger partial charge in [0.25, 0.3) is 0 Å². The van der Waals surface area contributed by atoms with Crippen molar-refractivity contribution < 1.29 is 18.0 Å². The van der Waals surface area contributed by atoms with Gasteiger partial charge in [-0.05, 0) is 65.6 Å². The third-order valence-electron chi connectivity index (χ3n) is 6.52. The highest BCUT2D eigenvalue weighted by Crippen LogP contribution is 2.37. The van der Waals surface area contributed by atoms with Crippen LogP contribution >= 0.6 is 11.6 Å². The van der Waals surface area contributed by atoms with Gasteiger partial charge in [-0.1, -0.05) is 29.8 Å². The molecule has 38 heavy (non-hydrogen) atoms. The van der Waals surface area contributed by atoms with Crippen molar-refractivity contribution in [1.82, 2.24) is 9.97 Å². The number of nitrogens with zero attached hydrogens (tertiary/aromatic N) is 3. The number of hydrogen-bond donors (Lipinski definition) is 1. The monoisotopic (exact) mass is 536 g/mol. The number of halogens is 4. The van der Waals surface area contributed by atoms with Crippen molar-refractivity contribution >= 4 is 28.9 Å². The van der Waals surface area contributed by atoms with Gasteiger partial charge in [0.15, 0.2) is 5.78 Å². The number of anilines is 2. The smallest absolute Gasteiger partial charge is 0.367 e. The van der Waals surface area contributed by atoms with Gasteiger partial charge in [-0.2, -0.15) is 13.2 Å². The van der Waals surface area contributed by atoms with Crippen LogP contribution in [0.5, 0.6) is 0 Å². The summed E-state index contributed by atoms with van der Waals surface area (Å²) in [4.78, 5) is 23.3. The Labute approximate surface area is 223 Å². The molecule has 0 bridgehead atoms. The molecule has 0 aliphatic carbocycles. The number of aromatic nitrogens is 2. The number of fused-ring (bicyclic) bond motifs is 1. The first kappa shape index (κ1) is 25.7. The first-order valence-electron chi connectivity index (χ1n) is 12.1. The van der Waals surface area contributed by atoms with Gasteiger partial charge < -0.3 is 10.2 Å². The SMILES string of the molecule is O=C(CCc1ccncc1)c1cccc(-c2cnc3c(c2)N(Cc2cc(Cl)ccc2C(F)(F)F)CCN3)c1. The Balaban J connectivity index is 1.40. The van der Waals surface area contributed by atoms with E-state index in [0.717, 1.165) is 22.8 Å². The minimum absolute atomic E-state index is 0.0264. The summed E-state index contributed by atoms with van der Waals surface area (Å²) in [6.45, 7) is 1.07. The van der Waals surface area contributed by atoms with E-state index in [1.165, 1.54) is 12.1 Å². The highest BCUT2D eigenvalue weighted by atomic mass is 35.5. The van der Waals surface area contributed by atoms with Crippen molar-refractivity contribution in [3.05, 3.63) is 107 Å². The second-order valence-electron chi connectivity index (χ2n) is 9.10. The lowest BCUT2D eigenvalue weighted by Gasteiger charge is -2.32. The largest absolute Gasteiger partial charge is 0.416 e. The summed E-state index contributed by atoms with van der Waals surface area (Å²) >= 11 is 6.05. The lowest BCUT2D eigenvalue weighted by Crippen LogP contribution is -2.34. The van der Waals surface area contributed by atoms with Gasteiger partial charge in [-0.25, -0.2) is 4.98 Å². The van der Waals surface area contributed by atoms with Crippen LogP contribution in [0.1, 0.15) is 33.5 Å². The van der Waals surface area contributed by atoms with E-state index < -0.39 is 11.7 Å². The van der Waals surface area contributed by atoms with Gasteiger partial charge >= 0.3 is 6.18 Å². The summed E-state index contributed by atoms with van der Waals surface area (Å²) in [5.41, 5.74) is 3.30. The molecule has 1 aliphatic rings. The molecule has 0 radical (unpaired) electrons. The summed E-state index contributed by atoms with van der Waals surface area (Å²) in [6.07, 6.45) is 1.62. The molecule has 194 valence electrons. The number of benzene rings is 2. The zero-order valence-electron chi connectivity index (χ0n) is 20.3. The number of ketones is 1. The van der Waals surface area contributed by atoms with E-state index in [9.17, 15) is 18.0 Å². The topological polar surface area (TPSA) is 58.1 Å². The predicted molar refractivity (Wildman–Crippen MR) is 143 cm³/mol. The molecule has 1 aliphatic heterocycles.